The van der Waals surface area contributed by atoms with Crippen molar-refractivity contribution in [3.63, 3.8) is 0 Å². The van der Waals surface area contributed by atoms with Gasteiger partial charge in [-0.25, -0.2) is 0 Å². The number of ether oxygens (including phenoxy) is 1. The minimum Gasteiger partial charge on any atom is -0.507 e. The molecule has 1 amide bonds. The van der Waals surface area contributed by atoms with Crippen LogP contribution in [0.15, 0.2) is 18.2 Å². The number of phenolic OH excluding ortho intramolecular Hbond substituents is 1. The highest BCUT2D eigenvalue weighted by molar-refractivity contribution is 6.32. The number of primary amides is 1. The molecule has 5 N–H and O–H groups in total. The molecule has 13 nitrogen and oxygen atoms in total. The molecule has 3 aliphatic rings. The number of aliphatic hydroxyl groups is 1. The van der Waals surface area contributed by atoms with Gasteiger partial charge in [0.25, 0.3) is 0 Å². The number of nitrogens with zero attached hydrogens (tertiary/aromatic N) is 1. The number of unbranched alkanes of at least 4 members (excludes halogenated alkanes) is 2. The zero-order valence-corrected chi connectivity index (χ0v) is 23.4. The Hall–Kier alpha value is -3.97. The molecule has 3 unspecified atom stereocenters. The zero-order valence-electron chi connectivity index (χ0n) is 23.4. The fraction of sp³-hybridized carbons (Fsp3) is 0.552. The lowest BCUT2D eigenvalue weighted by Crippen LogP contribution is -2.78. The second-order valence-electron chi connectivity index (χ2n) is 11.5. The highest BCUT2D eigenvalue weighted by Gasteiger charge is 2.74. The fourth-order valence-corrected chi connectivity index (χ4v) is 7.16. The minimum absolute atomic E-state index is 0.179. The number of fused-ring (bicyclic) bond motifs is 3. The van der Waals surface area contributed by atoms with E-state index in [-0.39, 0.29) is 5.56 Å². The first-order valence-corrected chi connectivity index (χ1v) is 13.8. The second-order valence-corrected chi connectivity index (χ2v) is 11.5. The number of likely N-dealkylation sites (N-methyl/N-ethyl adjacent to an activating group) is 1. The van der Waals surface area contributed by atoms with Crippen LogP contribution in [-0.4, -0.2) is 93.0 Å². The Morgan fingerprint density at radius 1 is 1.07 bits per heavy atom. The Balaban J connectivity index is 2.03. The third-order valence-corrected chi connectivity index (χ3v) is 8.80. The number of aromatic hydroxyl groups is 1. The number of nitrogens with two attached hydrogens (primary N) is 1. The van der Waals surface area contributed by atoms with Gasteiger partial charge in [0, 0.05) is 5.92 Å². The van der Waals surface area contributed by atoms with Crippen LogP contribution in [0.5, 0.6) is 5.75 Å². The molecule has 1 aromatic carbocycles. The van der Waals surface area contributed by atoms with E-state index in [9.17, 15) is 48.9 Å². The zero-order chi connectivity index (χ0) is 31.3. The third kappa shape index (κ3) is 4.70. The number of amides is 1. The lowest BCUT2D eigenvalue weighted by molar-refractivity contribution is -0.206. The number of hydrogen-bond donors (Lipinski definition) is 4. The van der Waals surface area contributed by atoms with E-state index in [0.29, 0.717) is 18.4 Å². The maximum atomic E-state index is 14.3. The fourth-order valence-electron chi connectivity index (χ4n) is 7.16. The normalized spacial score (nSPS) is 32.2. The molecule has 2 saturated carbocycles. The largest absolute Gasteiger partial charge is 0.507 e. The number of hydrogen-bond acceptors (Lipinski definition) is 11. The number of aliphatic carboxylic acids is 1. The number of carbonyl (C=O) groups excluding carboxylic acids is 6. The molecule has 4 rings (SSSR count). The van der Waals surface area contributed by atoms with Gasteiger partial charge < -0.3 is 25.8 Å². The molecule has 13 heteroatoms. The van der Waals surface area contributed by atoms with Crippen LogP contribution in [0.4, 0.5) is 0 Å². The van der Waals surface area contributed by atoms with E-state index >= 15 is 0 Å². The number of Topliss-reactive ketones (excluding diaryl/α,β-unsaturated/α-hetero) is 4. The molecule has 42 heavy (non-hydrogen) atoms. The quantitative estimate of drug-likeness (QED) is 0.170. The number of carboxylic acids is 1. The van der Waals surface area contributed by atoms with Gasteiger partial charge in [0.1, 0.15) is 18.3 Å². The van der Waals surface area contributed by atoms with Crippen LogP contribution in [0.2, 0.25) is 0 Å². The number of rotatable bonds is 9. The van der Waals surface area contributed by atoms with Gasteiger partial charge >= 0.3 is 11.9 Å². The smallest absolute Gasteiger partial charge is 0.317 e. The Kier molecular flexibility index (Phi) is 8.38. The molecule has 3 aliphatic carbocycles. The number of carboxylic acid groups (broad SMARTS) is 1. The standard InChI is InChI=1S/C29H34N2O11/c1-4-5-6-8-13-12-9-7-10-14(32)17(12)23(36)19-18(13)25(42-16(35)11-15(33)34)21-22(31(2)3)24(37)20(28(30)40)27(39)29(21,41)26(19)38/h7,9-10,13,18-22,25,32,41H,4-6,8,11H2,1-3H3,(H2,30,40)(H,33,34)/t13-,18+,19?,20?,21+,22?,25-,29-/m0/s1. The SMILES string of the molecule is CCCCC[C@H]1c2cccc(O)c2C(=O)C2C(=O)[C@]3(O)C(=O)C(C(N)=O)C(=O)C(N(C)C)[C@@H]3[C@@H](OC(=O)CC(=O)O)[C@@H]21. The molecule has 0 saturated heterocycles. The Bertz CT molecular complexity index is 1370. The average Bonchev–Trinajstić information content (AvgIpc) is 2.88. The van der Waals surface area contributed by atoms with Crippen LogP contribution in [0.3, 0.4) is 0 Å². The van der Waals surface area contributed by atoms with E-state index in [2.05, 4.69) is 0 Å². The van der Waals surface area contributed by atoms with Crippen LogP contribution in [0, 0.1) is 23.7 Å². The van der Waals surface area contributed by atoms with Crippen molar-refractivity contribution in [3.05, 3.63) is 29.3 Å². The number of phenols is 1. The molecular weight excluding hydrogens is 552 g/mol. The predicted molar refractivity (Wildman–Crippen MR) is 142 cm³/mol. The molecule has 0 aliphatic heterocycles. The molecular formula is C29H34N2O11. The van der Waals surface area contributed by atoms with Gasteiger partial charge in [-0.2, -0.15) is 0 Å². The highest BCUT2D eigenvalue weighted by atomic mass is 16.5. The number of esters is 1. The molecule has 0 bridgehead atoms. The van der Waals surface area contributed by atoms with E-state index < -0.39 is 100 Å². The summed E-state index contributed by atoms with van der Waals surface area (Å²) >= 11 is 0. The van der Waals surface area contributed by atoms with Gasteiger partial charge in [0.15, 0.2) is 34.7 Å². The van der Waals surface area contributed by atoms with Crippen LogP contribution in [-0.2, 0) is 33.5 Å². The van der Waals surface area contributed by atoms with Crippen molar-refractivity contribution in [2.75, 3.05) is 14.1 Å². The van der Waals surface area contributed by atoms with Gasteiger partial charge in [0.2, 0.25) is 5.91 Å². The Labute approximate surface area is 241 Å². The summed E-state index contributed by atoms with van der Waals surface area (Å²) in [4.78, 5) is 93.3. The molecule has 0 aromatic heterocycles. The summed E-state index contributed by atoms with van der Waals surface area (Å²) in [5.41, 5.74) is 2.37. The molecule has 0 radical (unpaired) electrons. The first-order valence-electron chi connectivity index (χ1n) is 13.8. The maximum absolute atomic E-state index is 14.3. The van der Waals surface area contributed by atoms with Crippen molar-refractivity contribution < 1.29 is 53.6 Å². The average molecular weight is 587 g/mol. The van der Waals surface area contributed by atoms with E-state index in [1.165, 1.54) is 31.1 Å². The lowest BCUT2D eigenvalue weighted by Gasteiger charge is -2.57. The number of carbonyl (C=O) groups is 7. The number of ketones is 4. The molecule has 0 heterocycles. The molecule has 226 valence electrons. The van der Waals surface area contributed by atoms with Crippen molar-refractivity contribution in [1.29, 1.82) is 0 Å². The second kappa shape index (κ2) is 11.4. The minimum atomic E-state index is -3.18. The topological polar surface area (TPSA) is 219 Å². The number of benzene rings is 1. The summed E-state index contributed by atoms with van der Waals surface area (Å²) < 4.78 is 5.66. The third-order valence-electron chi connectivity index (χ3n) is 8.80. The maximum Gasteiger partial charge on any atom is 0.317 e. The van der Waals surface area contributed by atoms with E-state index in [1.54, 1.807) is 6.07 Å². The summed E-state index contributed by atoms with van der Waals surface area (Å²) in [6, 6.07) is 2.79. The molecule has 8 atom stereocenters. The van der Waals surface area contributed by atoms with Crippen molar-refractivity contribution in [3.8, 4) is 5.75 Å². The van der Waals surface area contributed by atoms with Crippen LogP contribution < -0.4 is 5.73 Å². The monoisotopic (exact) mass is 586 g/mol. The highest BCUT2D eigenvalue weighted by Crippen LogP contribution is 2.56. The summed E-state index contributed by atoms with van der Waals surface area (Å²) in [6.45, 7) is 1.96. The first kappa shape index (κ1) is 31.0. The molecule has 0 spiro atoms. The van der Waals surface area contributed by atoms with Crippen molar-refractivity contribution in [1.82, 2.24) is 4.90 Å². The van der Waals surface area contributed by atoms with Gasteiger partial charge in [-0.3, -0.25) is 38.5 Å². The summed E-state index contributed by atoms with van der Waals surface area (Å²) in [6.07, 6.45) is -0.320. The lowest BCUT2D eigenvalue weighted by atomic mass is 9.49. The molecule has 2 fully saturated rings. The van der Waals surface area contributed by atoms with Gasteiger partial charge in [-0.05, 0) is 38.1 Å². The summed E-state index contributed by atoms with van der Waals surface area (Å²) in [7, 11) is 2.78. The predicted octanol–water partition coefficient (Wildman–Crippen LogP) is -0.0152. The van der Waals surface area contributed by atoms with Crippen molar-refractivity contribution >= 4 is 41.0 Å². The van der Waals surface area contributed by atoms with Crippen LogP contribution in [0.25, 0.3) is 0 Å². The van der Waals surface area contributed by atoms with Gasteiger partial charge in [-0.1, -0.05) is 38.3 Å². The van der Waals surface area contributed by atoms with Gasteiger partial charge in [-0.15, -0.1) is 0 Å². The Morgan fingerprint density at radius 2 is 1.74 bits per heavy atom. The van der Waals surface area contributed by atoms with E-state index in [0.717, 1.165) is 12.8 Å². The van der Waals surface area contributed by atoms with Gasteiger partial charge in [0.05, 0.1) is 23.4 Å². The van der Waals surface area contributed by atoms with E-state index in [4.69, 9.17) is 10.5 Å². The molecule has 1 aromatic rings. The van der Waals surface area contributed by atoms with Crippen molar-refractivity contribution in [2.24, 2.45) is 29.4 Å². The van der Waals surface area contributed by atoms with Crippen LogP contribution >= 0.6 is 0 Å². The van der Waals surface area contributed by atoms with Crippen molar-refractivity contribution in [2.45, 2.75) is 62.7 Å². The van der Waals surface area contributed by atoms with Crippen LogP contribution in [0.1, 0.15) is 60.9 Å². The summed E-state index contributed by atoms with van der Waals surface area (Å²) in [5, 5.41) is 31.9. The summed E-state index contributed by atoms with van der Waals surface area (Å²) in [5.74, 6) is -17.3. The Morgan fingerprint density at radius 3 is 2.31 bits per heavy atom. The van der Waals surface area contributed by atoms with E-state index in [1.807, 2.05) is 6.92 Å². The first-order chi connectivity index (χ1) is 19.7.